The molecule has 1 rings (SSSR count). The standard InChI is InChI=1S/C9H14O2/c1-2-7-3-5-8(6-4-7)9(10)11/h2,8H,3-6H2,1H3,(H,10,11). The third kappa shape index (κ3) is 2.07. The Morgan fingerprint density at radius 1 is 1.55 bits per heavy atom. The van der Waals surface area contributed by atoms with E-state index in [0.29, 0.717) is 0 Å². The summed E-state index contributed by atoms with van der Waals surface area (Å²) < 4.78 is 0. The van der Waals surface area contributed by atoms with Crippen molar-refractivity contribution in [3.05, 3.63) is 11.6 Å². The molecule has 0 atom stereocenters. The van der Waals surface area contributed by atoms with Gasteiger partial charge in [-0.15, -0.1) is 0 Å². The SMILES string of the molecule is CC=C1CCC(C(=O)O)CC1. The minimum atomic E-state index is -0.625. The van der Waals surface area contributed by atoms with Crippen LogP contribution in [0.25, 0.3) is 0 Å². The molecule has 0 heterocycles. The number of aliphatic carboxylic acids is 1. The summed E-state index contributed by atoms with van der Waals surface area (Å²) in [5, 5.41) is 8.68. The largest absolute Gasteiger partial charge is 0.481 e. The molecular formula is C9H14O2. The first-order chi connectivity index (χ1) is 5.24. The van der Waals surface area contributed by atoms with Crippen LogP contribution in [0.5, 0.6) is 0 Å². The lowest BCUT2D eigenvalue weighted by atomic mass is 9.86. The maximum atomic E-state index is 10.5. The van der Waals surface area contributed by atoms with Crippen LogP contribution in [-0.2, 0) is 4.79 Å². The maximum Gasteiger partial charge on any atom is 0.306 e. The summed E-state index contributed by atoms with van der Waals surface area (Å²) in [5.41, 5.74) is 1.42. The molecule has 1 fully saturated rings. The Labute approximate surface area is 66.9 Å². The average Bonchev–Trinajstić information content (AvgIpc) is 2.05. The van der Waals surface area contributed by atoms with Crippen LogP contribution in [0.15, 0.2) is 11.6 Å². The van der Waals surface area contributed by atoms with Crippen LogP contribution in [0.3, 0.4) is 0 Å². The number of allylic oxidation sites excluding steroid dienone is 2. The van der Waals surface area contributed by atoms with Crippen LogP contribution >= 0.6 is 0 Å². The van der Waals surface area contributed by atoms with E-state index in [1.165, 1.54) is 5.57 Å². The van der Waals surface area contributed by atoms with Crippen molar-refractivity contribution in [2.75, 3.05) is 0 Å². The third-order valence-corrected chi connectivity index (χ3v) is 2.39. The molecule has 1 aliphatic rings. The summed E-state index contributed by atoms with van der Waals surface area (Å²) in [6.45, 7) is 2.02. The molecular weight excluding hydrogens is 140 g/mol. The van der Waals surface area contributed by atoms with Crippen molar-refractivity contribution in [1.82, 2.24) is 0 Å². The first-order valence-corrected chi connectivity index (χ1v) is 4.11. The van der Waals surface area contributed by atoms with Gasteiger partial charge >= 0.3 is 5.97 Å². The second-order valence-corrected chi connectivity index (χ2v) is 3.06. The second kappa shape index (κ2) is 3.56. The summed E-state index contributed by atoms with van der Waals surface area (Å²) in [6, 6.07) is 0. The van der Waals surface area contributed by atoms with Crippen molar-refractivity contribution in [2.45, 2.75) is 32.6 Å². The molecule has 2 nitrogen and oxygen atoms in total. The highest BCUT2D eigenvalue weighted by atomic mass is 16.4. The van der Waals surface area contributed by atoms with Crippen molar-refractivity contribution in [3.8, 4) is 0 Å². The topological polar surface area (TPSA) is 37.3 Å². The lowest BCUT2D eigenvalue weighted by molar-refractivity contribution is -0.142. The van der Waals surface area contributed by atoms with Crippen molar-refractivity contribution >= 4 is 5.97 Å². The van der Waals surface area contributed by atoms with Gasteiger partial charge in [0.15, 0.2) is 0 Å². The predicted octanol–water partition coefficient (Wildman–Crippen LogP) is 2.21. The van der Waals surface area contributed by atoms with Gasteiger partial charge in [0.25, 0.3) is 0 Å². The van der Waals surface area contributed by atoms with Crippen molar-refractivity contribution < 1.29 is 9.90 Å². The van der Waals surface area contributed by atoms with Gasteiger partial charge in [-0.25, -0.2) is 0 Å². The highest BCUT2D eigenvalue weighted by Gasteiger charge is 2.21. The first-order valence-electron chi connectivity index (χ1n) is 4.11. The molecule has 0 aromatic rings. The Hall–Kier alpha value is -0.790. The molecule has 0 bridgehead atoms. The fourth-order valence-corrected chi connectivity index (χ4v) is 1.52. The minimum Gasteiger partial charge on any atom is -0.481 e. The van der Waals surface area contributed by atoms with E-state index in [-0.39, 0.29) is 5.92 Å². The molecule has 0 aromatic heterocycles. The fourth-order valence-electron chi connectivity index (χ4n) is 1.52. The molecule has 1 saturated carbocycles. The number of rotatable bonds is 1. The molecule has 0 unspecified atom stereocenters. The summed E-state index contributed by atoms with van der Waals surface area (Å²) in [5.74, 6) is -0.709. The fraction of sp³-hybridized carbons (Fsp3) is 0.667. The minimum absolute atomic E-state index is 0.0845. The van der Waals surface area contributed by atoms with Gasteiger partial charge in [0.1, 0.15) is 0 Å². The lowest BCUT2D eigenvalue weighted by Gasteiger charge is -2.19. The Morgan fingerprint density at radius 2 is 2.09 bits per heavy atom. The zero-order valence-corrected chi connectivity index (χ0v) is 6.84. The van der Waals surface area contributed by atoms with Crippen molar-refractivity contribution in [2.24, 2.45) is 5.92 Å². The number of carbonyl (C=O) groups is 1. The van der Waals surface area contributed by atoms with Gasteiger partial charge in [-0.05, 0) is 32.6 Å². The first kappa shape index (κ1) is 8.31. The van der Waals surface area contributed by atoms with Crippen LogP contribution in [0, 0.1) is 5.92 Å². The van der Waals surface area contributed by atoms with Crippen LogP contribution in [0.4, 0.5) is 0 Å². The van der Waals surface area contributed by atoms with E-state index in [1.807, 2.05) is 6.92 Å². The van der Waals surface area contributed by atoms with E-state index in [0.717, 1.165) is 25.7 Å². The van der Waals surface area contributed by atoms with Gasteiger partial charge in [-0.3, -0.25) is 4.79 Å². The normalized spacial score (nSPS) is 24.8. The van der Waals surface area contributed by atoms with Gasteiger partial charge in [-0.1, -0.05) is 11.6 Å². The Bertz CT molecular complexity index is 172. The molecule has 0 saturated heterocycles. The molecule has 62 valence electrons. The van der Waals surface area contributed by atoms with Gasteiger partial charge in [0, 0.05) is 0 Å². The number of hydrogen-bond acceptors (Lipinski definition) is 1. The molecule has 0 aromatic carbocycles. The zero-order chi connectivity index (χ0) is 8.27. The molecule has 0 radical (unpaired) electrons. The summed E-state index contributed by atoms with van der Waals surface area (Å²) in [7, 11) is 0. The summed E-state index contributed by atoms with van der Waals surface area (Å²) in [4.78, 5) is 10.5. The highest BCUT2D eigenvalue weighted by molar-refractivity contribution is 5.70. The van der Waals surface area contributed by atoms with Crippen LogP contribution < -0.4 is 0 Å². The van der Waals surface area contributed by atoms with Gasteiger partial charge in [0.05, 0.1) is 5.92 Å². The van der Waals surface area contributed by atoms with Crippen LogP contribution in [0.1, 0.15) is 32.6 Å². The summed E-state index contributed by atoms with van der Waals surface area (Å²) >= 11 is 0. The molecule has 11 heavy (non-hydrogen) atoms. The van der Waals surface area contributed by atoms with E-state index in [4.69, 9.17) is 5.11 Å². The molecule has 0 spiro atoms. The van der Waals surface area contributed by atoms with Crippen molar-refractivity contribution in [3.63, 3.8) is 0 Å². The van der Waals surface area contributed by atoms with E-state index >= 15 is 0 Å². The predicted molar refractivity (Wildman–Crippen MR) is 43.4 cm³/mol. The van der Waals surface area contributed by atoms with Gasteiger partial charge < -0.3 is 5.11 Å². The van der Waals surface area contributed by atoms with Crippen LogP contribution in [0.2, 0.25) is 0 Å². The van der Waals surface area contributed by atoms with E-state index < -0.39 is 5.97 Å². The molecule has 0 aliphatic heterocycles. The summed E-state index contributed by atoms with van der Waals surface area (Å²) in [6.07, 6.45) is 5.73. The van der Waals surface area contributed by atoms with Gasteiger partial charge in [-0.2, -0.15) is 0 Å². The van der Waals surface area contributed by atoms with E-state index in [1.54, 1.807) is 0 Å². The Kier molecular flexibility index (Phi) is 2.69. The van der Waals surface area contributed by atoms with E-state index in [9.17, 15) is 4.79 Å². The van der Waals surface area contributed by atoms with Crippen LogP contribution in [-0.4, -0.2) is 11.1 Å². The number of carboxylic acids is 1. The quantitative estimate of drug-likeness (QED) is 0.588. The van der Waals surface area contributed by atoms with Gasteiger partial charge in [0.2, 0.25) is 0 Å². The number of hydrogen-bond donors (Lipinski definition) is 1. The maximum absolute atomic E-state index is 10.5. The lowest BCUT2D eigenvalue weighted by Crippen LogP contribution is -2.17. The molecule has 2 heteroatoms. The Balaban J connectivity index is 2.42. The van der Waals surface area contributed by atoms with E-state index in [2.05, 4.69) is 6.08 Å². The monoisotopic (exact) mass is 154 g/mol. The smallest absolute Gasteiger partial charge is 0.306 e. The second-order valence-electron chi connectivity index (χ2n) is 3.06. The molecule has 0 amide bonds. The average molecular weight is 154 g/mol. The molecule has 1 aliphatic carbocycles. The Morgan fingerprint density at radius 3 is 2.45 bits per heavy atom. The zero-order valence-electron chi connectivity index (χ0n) is 6.84. The number of carboxylic acid groups (broad SMARTS) is 1. The third-order valence-electron chi connectivity index (χ3n) is 2.39. The highest BCUT2D eigenvalue weighted by Crippen LogP contribution is 2.27. The van der Waals surface area contributed by atoms with Crippen molar-refractivity contribution in [1.29, 1.82) is 0 Å². The molecule has 1 N–H and O–H groups in total.